The van der Waals surface area contributed by atoms with Crippen LogP contribution in [-0.4, -0.2) is 0 Å². The van der Waals surface area contributed by atoms with E-state index in [0.717, 1.165) is 55.3 Å². The van der Waals surface area contributed by atoms with E-state index in [-0.39, 0.29) is 35.1 Å². The van der Waals surface area contributed by atoms with E-state index in [1.165, 1.54) is 22.3 Å². The van der Waals surface area contributed by atoms with E-state index < -0.39 is 6.04 Å². The van der Waals surface area contributed by atoms with Gasteiger partial charge in [0.25, 0.3) is 0 Å². The molecule has 1 aliphatic rings. The first-order valence-corrected chi connectivity index (χ1v) is 17.3. The summed E-state index contributed by atoms with van der Waals surface area (Å²) >= 11 is 0. The van der Waals surface area contributed by atoms with E-state index in [2.05, 4.69) is 128 Å². The van der Waals surface area contributed by atoms with Crippen LogP contribution in [-0.2, 0) is 5.41 Å². The predicted molar refractivity (Wildman–Crippen MR) is 214 cm³/mol. The lowest BCUT2D eigenvalue weighted by Crippen LogP contribution is -2.16. The van der Waals surface area contributed by atoms with Gasteiger partial charge in [0.15, 0.2) is 0 Å². The summed E-state index contributed by atoms with van der Waals surface area (Å²) in [7, 11) is 0. The lowest BCUT2D eigenvalue weighted by Gasteiger charge is -2.28. The Morgan fingerprint density at radius 3 is 2.06 bits per heavy atom. The van der Waals surface area contributed by atoms with E-state index in [9.17, 15) is 0 Å². The van der Waals surface area contributed by atoms with Gasteiger partial charge < -0.3 is 9.32 Å². The SMILES string of the molecule is [2H]c1c([2H])c([2H])c(-c2ccc3c(c2)oc2c4ccccc4c(-c4cccc(N(c5ccccc5)c5ccc6c(c5)C(C)(C)c5ccccc5-6)c4)cc32)c([2H])c1[2H]. The Kier molecular flexibility index (Phi) is 5.49. The second-order valence-corrected chi connectivity index (χ2v) is 13.8. The Morgan fingerprint density at radius 1 is 0.471 bits per heavy atom. The van der Waals surface area contributed by atoms with Gasteiger partial charge in [0.1, 0.15) is 11.2 Å². The molecule has 0 fully saturated rings. The second kappa shape index (κ2) is 11.3. The first-order valence-electron chi connectivity index (χ1n) is 19.8. The molecule has 0 spiro atoms. The standard InChI is InChI=1S/C49H35NO/c1-49(2)45-23-12-11-21-39(45)40-27-25-37(30-46(40)49)50(35-17-7-4-8-18-35)36-19-13-16-34(28-36)43-31-44-41-26-24-33(32-14-5-3-6-15-32)29-47(41)51-48(44)42-22-10-9-20-38(42)43/h3-31H,1-2H3/i3D,5D,6D,14D,15D. The first kappa shape index (κ1) is 24.7. The highest BCUT2D eigenvalue weighted by Crippen LogP contribution is 2.51. The minimum atomic E-state index is -0.411. The molecule has 1 aromatic heterocycles. The largest absolute Gasteiger partial charge is 0.455 e. The third-order valence-electron chi connectivity index (χ3n) is 10.5. The highest BCUT2D eigenvalue weighted by Gasteiger charge is 2.35. The van der Waals surface area contributed by atoms with Crippen LogP contribution in [0.5, 0.6) is 0 Å². The number of hydrogen-bond donors (Lipinski definition) is 0. The Labute approximate surface area is 304 Å². The molecule has 8 aromatic carbocycles. The van der Waals surface area contributed by atoms with Crippen LogP contribution in [0.1, 0.15) is 31.8 Å². The van der Waals surface area contributed by atoms with Crippen molar-refractivity contribution >= 4 is 49.8 Å². The molecule has 0 unspecified atom stereocenters. The van der Waals surface area contributed by atoms with E-state index in [1.807, 2.05) is 30.3 Å². The van der Waals surface area contributed by atoms with Gasteiger partial charge in [0.05, 0.1) is 6.85 Å². The van der Waals surface area contributed by atoms with Gasteiger partial charge >= 0.3 is 0 Å². The summed E-state index contributed by atoms with van der Waals surface area (Å²) in [4.78, 5) is 2.33. The number of rotatable bonds is 5. The van der Waals surface area contributed by atoms with E-state index in [4.69, 9.17) is 11.3 Å². The molecule has 0 bridgehead atoms. The molecule has 0 saturated carbocycles. The fourth-order valence-electron chi connectivity index (χ4n) is 8.05. The number of nitrogens with zero attached hydrogens (tertiary/aromatic N) is 1. The van der Waals surface area contributed by atoms with Gasteiger partial charge in [-0.3, -0.25) is 0 Å². The third kappa shape index (κ3) is 4.64. The summed E-state index contributed by atoms with van der Waals surface area (Å²) < 4.78 is 48.1. The molecule has 1 heterocycles. The van der Waals surface area contributed by atoms with Gasteiger partial charge in [0.2, 0.25) is 0 Å². The Morgan fingerprint density at radius 2 is 1.20 bits per heavy atom. The summed E-state index contributed by atoms with van der Waals surface area (Å²) in [5.41, 5.74) is 12.4. The molecule has 2 nitrogen and oxygen atoms in total. The predicted octanol–water partition coefficient (Wildman–Crippen LogP) is 13.8. The van der Waals surface area contributed by atoms with Crippen LogP contribution >= 0.6 is 0 Å². The van der Waals surface area contributed by atoms with Crippen LogP contribution in [0.25, 0.3) is 66.1 Å². The van der Waals surface area contributed by atoms with Crippen molar-refractivity contribution in [1.82, 2.24) is 0 Å². The number of benzene rings is 8. The molecule has 0 aliphatic heterocycles. The van der Waals surface area contributed by atoms with Gasteiger partial charge in [0, 0.05) is 38.6 Å². The molecule has 1 aliphatic carbocycles. The highest BCUT2D eigenvalue weighted by molar-refractivity contribution is 6.19. The normalized spacial score (nSPS) is 14.4. The van der Waals surface area contributed by atoms with E-state index >= 15 is 0 Å². The summed E-state index contributed by atoms with van der Waals surface area (Å²) in [6.07, 6.45) is 0. The van der Waals surface area contributed by atoms with Crippen molar-refractivity contribution in [3.05, 3.63) is 187 Å². The topological polar surface area (TPSA) is 16.4 Å². The molecular weight excluding hydrogens is 619 g/mol. The van der Waals surface area contributed by atoms with Crippen LogP contribution in [0, 0.1) is 0 Å². The maximum absolute atomic E-state index is 8.55. The lowest BCUT2D eigenvalue weighted by atomic mass is 9.82. The minimum absolute atomic E-state index is 0.136. The lowest BCUT2D eigenvalue weighted by molar-refractivity contribution is 0.660. The molecule has 2 heteroatoms. The van der Waals surface area contributed by atoms with Gasteiger partial charge in [-0.05, 0) is 104 Å². The van der Waals surface area contributed by atoms with Crippen molar-refractivity contribution in [1.29, 1.82) is 0 Å². The number of anilines is 3. The molecule has 0 atom stereocenters. The molecule has 9 aromatic rings. The number of fused-ring (bicyclic) bond motifs is 8. The molecule has 10 rings (SSSR count). The zero-order chi connectivity index (χ0) is 38.5. The maximum atomic E-state index is 8.55. The molecule has 0 radical (unpaired) electrons. The summed E-state index contributed by atoms with van der Waals surface area (Å²) in [6.45, 7) is 4.62. The first-order chi connectivity index (χ1) is 27.1. The average Bonchev–Trinajstić information content (AvgIpc) is 3.71. The van der Waals surface area contributed by atoms with Crippen LogP contribution in [0.15, 0.2) is 180 Å². The minimum Gasteiger partial charge on any atom is -0.455 e. The van der Waals surface area contributed by atoms with E-state index in [0.29, 0.717) is 11.1 Å². The smallest absolute Gasteiger partial charge is 0.143 e. The number of hydrogen-bond acceptors (Lipinski definition) is 2. The molecule has 51 heavy (non-hydrogen) atoms. The van der Waals surface area contributed by atoms with Gasteiger partial charge in [-0.2, -0.15) is 0 Å². The van der Waals surface area contributed by atoms with Crippen LogP contribution in [0.3, 0.4) is 0 Å². The third-order valence-corrected chi connectivity index (χ3v) is 10.5. The van der Waals surface area contributed by atoms with Gasteiger partial charge in [-0.15, -0.1) is 0 Å². The quantitative estimate of drug-likeness (QED) is 0.183. The summed E-state index contributed by atoms with van der Waals surface area (Å²) in [5, 5.41) is 3.83. The molecular formula is C49H35NO. The van der Waals surface area contributed by atoms with Gasteiger partial charge in [-0.1, -0.05) is 135 Å². The Hall–Kier alpha value is -6.38. The monoisotopic (exact) mass is 658 g/mol. The molecule has 0 N–H and O–H groups in total. The van der Waals surface area contributed by atoms with Crippen molar-refractivity contribution in [3.8, 4) is 33.4 Å². The molecule has 0 amide bonds. The zero-order valence-electron chi connectivity index (χ0n) is 33.2. The van der Waals surface area contributed by atoms with Crippen LogP contribution < -0.4 is 4.90 Å². The number of furan rings is 1. The Bertz CT molecular complexity index is 3050. The Balaban J connectivity index is 1.13. The fraction of sp³-hybridized carbons (Fsp3) is 0.0612. The zero-order valence-corrected chi connectivity index (χ0v) is 28.2. The molecule has 0 saturated heterocycles. The maximum Gasteiger partial charge on any atom is 0.143 e. The summed E-state index contributed by atoms with van der Waals surface area (Å²) in [6, 6.07) is 49.1. The van der Waals surface area contributed by atoms with Crippen molar-refractivity contribution in [2.75, 3.05) is 4.90 Å². The second-order valence-electron chi connectivity index (χ2n) is 13.8. The summed E-state index contributed by atoms with van der Waals surface area (Å²) in [5.74, 6) is 0. The fourth-order valence-corrected chi connectivity index (χ4v) is 8.05. The van der Waals surface area contributed by atoms with Crippen molar-refractivity contribution in [2.45, 2.75) is 19.3 Å². The van der Waals surface area contributed by atoms with E-state index in [1.54, 1.807) is 6.07 Å². The van der Waals surface area contributed by atoms with Gasteiger partial charge in [-0.25, -0.2) is 0 Å². The van der Waals surface area contributed by atoms with Crippen molar-refractivity contribution in [2.24, 2.45) is 0 Å². The average molecular weight is 659 g/mol. The van der Waals surface area contributed by atoms with Crippen molar-refractivity contribution in [3.63, 3.8) is 0 Å². The molecule has 242 valence electrons. The highest BCUT2D eigenvalue weighted by atomic mass is 16.3. The van der Waals surface area contributed by atoms with Crippen molar-refractivity contribution < 1.29 is 11.3 Å². The van der Waals surface area contributed by atoms with Crippen LogP contribution in [0.2, 0.25) is 0 Å². The van der Waals surface area contributed by atoms with Crippen LogP contribution in [0.4, 0.5) is 17.1 Å². The number of para-hydroxylation sites is 1.